The van der Waals surface area contributed by atoms with E-state index in [9.17, 15) is 8.42 Å². The highest BCUT2D eigenvalue weighted by atomic mass is 32.2. The van der Waals surface area contributed by atoms with Gasteiger partial charge in [-0.05, 0) is 75.8 Å². The highest BCUT2D eigenvalue weighted by Crippen LogP contribution is 2.42. The van der Waals surface area contributed by atoms with Gasteiger partial charge >= 0.3 is 0 Å². The van der Waals surface area contributed by atoms with E-state index in [1.165, 1.54) is 0 Å². The van der Waals surface area contributed by atoms with E-state index in [2.05, 4.69) is 17.3 Å². The SMILES string of the molecule is Cc1ccc(S(=O)(=O)c2ccc3c(c2)[C@H]2CCN(C)CCC2N3)cc1. The molecule has 2 heterocycles. The molecule has 5 heteroatoms. The Morgan fingerprint density at radius 2 is 1.68 bits per heavy atom. The van der Waals surface area contributed by atoms with E-state index in [0.717, 1.165) is 42.7 Å². The summed E-state index contributed by atoms with van der Waals surface area (Å²) in [5.74, 6) is 0.396. The van der Waals surface area contributed by atoms with E-state index >= 15 is 0 Å². The summed E-state index contributed by atoms with van der Waals surface area (Å²) in [5.41, 5.74) is 3.32. The van der Waals surface area contributed by atoms with Crippen LogP contribution in [0.4, 0.5) is 5.69 Å². The molecule has 2 aromatic carbocycles. The first-order valence-corrected chi connectivity index (χ1v) is 10.3. The van der Waals surface area contributed by atoms with Crippen LogP contribution < -0.4 is 5.32 Å². The van der Waals surface area contributed by atoms with Crippen molar-refractivity contribution in [2.75, 3.05) is 25.5 Å². The number of rotatable bonds is 2. The summed E-state index contributed by atoms with van der Waals surface area (Å²) in [6.07, 6.45) is 2.16. The molecule has 2 aliphatic heterocycles. The van der Waals surface area contributed by atoms with Gasteiger partial charge in [-0.2, -0.15) is 0 Å². The smallest absolute Gasteiger partial charge is 0.206 e. The minimum absolute atomic E-state index is 0.362. The fraction of sp³-hybridized carbons (Fsp3) is 0.400. The van der Waals surface area contributed by atoms with Crippen molar-refractivity contribution in [3.63, 3.8) is 0 Å². The van der Waals surface area contributed by atoms with E-state index in [4.69, 9.17) is 0 Å². The van der Waals surface area contributed by atoms with Crippen molar-refractivity contribution >= 4 is 15.5 Å². The predicted molar refractivity (Wildman–Crippen MR) is 100.0 cm³/mol. The molecule has 0 saturated carbocycles. The Balaban J connectivity index is 1.71. The number of hydrogen-bond donors (Lipinski definition) is 1. The zero-order chi connectivity index (χ0) is 17.6. The van der Waals surface area contributed by atoms with Crippen LogP contribution in [0.2, 0.25) is 0 Å². The minimum Gasteiger partial charge on any atom is -0.381 e. The van der Waals surface area contributed by atoms with E-state index in [-0.39, 0.29) is 0 Å². The Kier molecular flexibility index (Phi) is 4.08. The van der Waals surface area contributed by atoms with Gasteiger partial charge in [0.15, 0.2) is 0 Å². The monoisotopic (exact) mass is 356 g/mol. The number of nitrogens with one attached hydrogen (secondary N) is 1. The van der Waals surface area contributed by atoms with E-state index < -0.39 is 9.84 Å². The third kappa shape index (κ3) is 2.96. The summed E-state index contributed by atoms with van der Waals surface area (Å²) in [6, 6.07) is 13.1. The molecule has 4 rings (SSSR count). The molecule has 25 heavy (non-hydrogen) atoms. The summed E-state index contributed by atoms with van der Waals surface area (Å²) in [7, 11) is -1.32. The molecule has 0 bridgehead atoms. The van der Waals surface area contributed by atoms with Crippen molar-refractivity contribution in [2.24, 2.45) is 0 Å². The summed E-state index contributed by atoms with van der Waals surface area (Å²) in [6.45, 7) is 4.09. The molecule has 0 radical (unpaired) electrons. The molecule has 2 aliphatic rings. The molecule has 132 valence electrons. The maximum absolute atomic E-state index is 13.0. The first-order valence-electron chi connectivity index (χ1n) is 8.86. The Hall–Kier alpha value is -1.85. The van der Waals surface area contributed by atoms with Gasteiger partial charge in [-0.3, -0.25) is 0 Å². The Labute approximate surface area is 149 Å². The first kappa shape index (κ1) is 16.6. The summed E-state index contributed by atoms with van der Waals surface area (Å²) in [4.78, 5) is 3.11. The number of nitrogens with zero attached hydrogens (tertiary/aromatic N) is 1. The van der Waals surface area contributed by atoms with Crippen molar-refractivity contribution < 1.29 is 8.42 Å². The van der Waals surface area contributed by atoms with Gasteiger partial charge in [0, 0.05) is 17.6 Å². The van der Waals surface area contributed by atoms with Crippen LogP contribution in [0.25, 0.3) is 0 Å². The molecular formula is C20H24N2O2S. The second-order valence-corrected chi connectivity index (χ2v) is 9.25. The standard InChI is InChI=1S/C20H24N2O2S/c1-14-3-5-15(6-4-14)25(23,24)16-7-8-19-18(13-16)17-9-11-22(2)12-10-20(17)21-19/h3-8,13,17,20-21H,9-12H2,1-2H3/t17-,20?/m1/s1. The maximum atomic E-state index is 13.0. The van der Waals surface area contributed by atoms with Crippen molar-refractivity contribution in [3.8, 4) is 0 Å². The van der Waals surface area contributed by atoms with E-state index in [1.54, 1.807) is 18.2 Å². The van der Waals surface area contributed by atoms with Crippen LogP contribution in [0.5, 0.6) is 0 Å². The molecule has 1 N–H and O–H groups in total. The average Bonchev–Trinajstić information content (AvgIpc) is 2.84. The molecule has 1 fully saturated rings. The van der Waals surface area contributed by atoms with Crippen LogP contribution in [0, 0.1) is 6.92 Å². The number of likely N-dealkylation sites (tertiary alicyclic amines) is 1. The highest BCUT2D eigenvalue weighted by molar-refractivity contribution is 7.91. The van der Waals surface area contributed by atoms with Gasteiger partial charge in [0.2, 0.25) is 9.84 Å². The number of sulfone groups is 1. The molecule has 2 atom stereocenters. The second-order valence-electron chi connectivity index (χ2n) is 7.30. The number of anilines is 1. The van der Waals surface area contributed by atoms with Crippen LogP contribution in [-0.4, -0.2) is 39.5 Å². The van der Waals surface area contributed by atoms with Gasteiger partial charge in [-0.15, -0.1) is 0 Å². The number of hydrogen-bond acceptors (Lipinski definition) is 4. The van der Waals surface area contributed by atoms with Crippen LogP contribution in [0.15, 0.2) is 52.3 Å². The van der Waals surface area contributed by atoms with Crippen molar-refractivity contribution in [1.82, 2.24) is 4.90 Å². The minimum atomic E-state index is -3.47. The normalized spacial score (nSPS) is 23.4. The molecule has 0 aliphatic carbocycles. The second kappa shape index (κ2) is 6.15. The van der Waals surface area contributed by atoms with Crippen LogP contribution in [0.3, 0.4) is 0 Å². The molecular weight excluding hydrogens is 332 g/mol. The molecule has 0 amide bonds. The largest absolute Gasteiger partial charge is 0.381 e. The third-order valence-electron chi connectivity index (χ3n) is 5.53. The van der Waals surface area contributed by atoms with Crippen LogP contribution >= 0.6 is 0 Å². The first-order chi connectivity index (χ1) is 11.9. The predicted octanol–water partition coefficient (Wildman–Crippen LogP) is 3.43. The Bertz CT molecular complexity index is 890. The summed E-state index contributed by atoms with van der Waals surface area (Å²) in [5, 5.41) is 3.60. The lowest BCUT2D eigenvalue weighted by Gasteiger charge is -2.16. The zero-order valence-electron chi connectivity index (χ0n) is 14.7. The fourth-order valence-corrected chi connectivity index (χ4v) is 5.27. The molecule has 4 nitrogen and oxygen atoms in total. The number of benzene rings is 2. The quantitative estimate of drug-likeness (QED) is 0.896. The van der Waals surface area contributed by atoms with Crippen LogP contribution in [-0.2, 0) is 9.84 Å². The fourth-order valence-electron chi connectivity index (χ4n) is 3.98. The topological polar surface area (TPSA) is 49.4 Å². The zero-order valence-corrected chi connectivity index (χ0v) is 15.5. The van der Waals surface area contributed by atoms with Crippen molar-refractivity contribution in [2.45, 2.75) is 41.5 Å². The lowest BCUT2D eigenvalue weighted by atomic mass is 9.91. The van der Waals surface area contributed by atoms with Gasteiger partial charge < -0.3 is 10.2 Å². The van der Waals surface area contributed by atoms with Crippen LogP contribution in [0.1, 0.15) is 29.9 Å². The lowest BCUT2D eigenvalue weighted by Crippen LogP contribution is -2.22. The molecule has 1 unspecified atom stereocenters. The van der Waals surface area contributed by atoms with Crippen molar-refractivity contribution in [3.05, 3.63) is 53.6 Å². The average molecular weight is 356 g/mol. The molecule has 0 spiro atoms. The van der Waals surface area contributed by atoms with Crippen molar-refractivity contribution in [1.29, 1.82) is 0 Å². The van der Waals surface area contributed by atoms with Gasteiger partial charge in [-0.1, -0.05) is 17.7 Å². The molecule has 2 aromatic rings. The lowest BCUT2D eigenvalue weighted by molar-refractivity contribution is 0.346. The number of aryl methyl sites for hydroxylation is 1. The highest BCUT2D eigenvalue weighted by Gasteiger charge is 2.34. The summed E-state index contributed by atoms with van der Waals surface area (Å²) >= 11 is 0. The third-order valence-corrected chi connectivity index (χ3v) is 7.30. The van der Waals surface area contributed by atoms with Gasteiger partial charge in [0.25, 0.3) is 0 Å². The van der Waals surface area contributed by atoms with Gasteiger partial charge in [0.1, 0.15) is 0 Å². The van der Waals surface area contributed by atoms with E-state index in [1.807, 2.05) is 31.2 Å². The number of fused-ring (bicyclic) bond motifs is 3. The Morgan fingerprint density at radius 3 is 2.44 bits per heavy atom. The van der Waals surface area contributed by atoms with Gasteiger partial charge in [0.05, 0.1) is 9.79 Å². The van der Waals surface area contributed by atoms with Gasteiger partial charge in [-0.25, -0.2) is 8.42 Å². The molecule has 0 aromatic heterocycles. The summed E-state index contributed by atoms with van der Waals surface area (Å²) < 4.78 is 26.0. The Morgan fingerprint density at radius 1 is 1.00 bits per heavy atom. The molecule has 1 saturated heterocycles. The maximum Gasteiger partial charge on any atom is 0.206 e. The van der Waals surface area contributed by atoms with E-state index in [0.29, 0.717) is 21.8 Å².